The lowest BCUT2D eigenvalue weighted by atomic mass is 10.1. The van der Waals surface area contributed by atoms with Crippen LogP contribution in [0.2, 0.25) is 0 Å². The van der Waals surface area contributed by atoms with Crippen LogP contribution in [0.1, 0.15) is 27.6 Å². The van der Waals surface area contributed by atoms with E-state index < -0.39 is 11.9 Å². The summed E-state index contributed by atoms with van der Waals surface area (Å²) in [7, 11) is 0. The largest absolute Gasteiger partial charge is 0.494 e. The van der Waals surface area contributed by atoms with Crippen molar-refractivity contribution in [3.8, 4) is 28.6 Å². The molecule has 0 spiro atoms. The van der Waals surface area contributed by atoms with Crippen molar-refractivity contribution in [3.05, 3.63) is 83.9 Å². The van der Waals surface area contributed by atoms with Gasteiger partial charge in [0.1, 0.15) is 5.75 Å². The monoisotopic (exact) mass is 429 g/mol. The number of carboxylic acids is 1. The zero-order valence-corrected chi connectivity index (χ0v) is 17.1. The molecule has 32 heavy (non-hydrogen) atoms. The van der Waals surface area contributed by atoms with E-state index >= 15 is 0 Å². The van der Waals surface area contributed by atoms with Gasteiger partial charge in [-0.3, -0.25) is 4.79 Å². The minimum Gasteiger partial charge on any atom is -0.494 e. The Kier molecular flexibility index (Phi) is 5.94. The second-order valence-electron chi connectivity index (χ2n) is 6.77. The second-order valence-corrected chi connectivity index (χ2v) is 6.77. The van der Waals surface area contributed by atoms with Crippen LogP contribution in [0.3, 0.4) is 0 Å². The van der Waals surface area contributed by atoms with E-state index in [1.807, 2.05) is 31.2 Å². The van der Waals surface area contributed by atoms with Crippen molar-refractivity contribution in [1.29, 1.82) is 0 Å². The number of nitrogens with zero attached hydrogens (tertiary/aromatic N) is 2. The lowest BCUT2D eigenvalue weighted by Crippen LogP contribution is -2.16. The Hall–Kier alpha value is -4.46. The van der Waals surface area contributed by atoms with Crippen LogP contribution in [0, 0.1) is 0 Å². The Morgan fingerprint density at radius 1 is 0.969 bits per heavy atom. The molecule has 0 atom stereocenters. The number of amides is 1. The fourth-order valence-corrected chi connectivity index (χ4v) is 3.12. The highest BCUT2D eigenvalue weighted by Crippen LogP contribution is 2.26. The molecule has 0 radical (unpaired) electrons. The minimum absolute atomic E-state index is 0.0701. The topological polar surface area (TPSA) is 115 Å². The summed E-state index contributed by atoms with van der Waals surface area (Å²) in [4.78, 5) is 28.4. The quantitative estimate of drug-likeness (QED) is 0.435. The zero-order valence-electron chi connectivity index (χ0n) is 17.1. The second kappa shape index (κ2) is 9.13. The van der Waals surface area contributed by atoms with Gasteiger partial charge >= 0.3 is 5.97 Å². The number of benzene rings is 3. The Bertz CT molecular complexity index is 1260. The first-order valence-corrected chi connectivity index (χ1v) is 9.86. The van der Waals surface area contributed by atoms with E-state index in [0.29, 0.717) is 29.6 Å². The standard InChI is InChI=1S/C24H19N3O5/c1-2-31-18-12-10-15(11-13-18)23-26-21(27-32-23)16-6-5-7-17(14-16)25-22(28)19-8-3-4-9-20(19)24(29)30/h3-14H,2H2,1H3,(H,25,28)(H,29,30). The molecular weight excluding hydrogens is 410 g/mol. The molecule has 8 heteroatoms. The summed E-state index contributed by atoms with van der Waals surface area (Å²) in [6.07, 6.45) is 0. The van der Waals surface area contributed by atoms with E-state index in [0.717, 1.165) is 11.3 Å². The fraction of sp³-hybridized carbons (Fsp3) is 0.0833. The number of anilines is 1. The van der Waals surface area contributed by atoms with Crippen molar-refractivity contribution in [2.45, 2.75) is 6.92 Å². The third-order valence-corrected chi connectivity index (χ3v) is 4.62. The van der Waals surface area contributed by atoms with Crippen molar-refractivity contribution in [2.24, 2.45) is 0 Å². The van der Waals surface area contributed by atoms with E-state index in [1.165, 1.54) is 12.1 Å². The summed E-state index contributed by atoms with van der Waals surface area (Å²) in [5.74, 6) is -0.228. The molecule has 0 aliphatic rings. The molecule has 4 rings (SSSR count). The van der Waals surface area contributed by atoms with E-state index in [9.17, 15) is 14.7 Å². The normalized spacial score (nSPS) is 10.5. The van der Waals surface area contributed by atoms with Crippen LogP contribution in [-0.4, -0.2) is 33.7 Å². The number of carbonyl (C=O) groups is 2. The molecule has 0 aliphatic carbocycles. The Balaban J connectivity index is 1.54. The molecule has 0 saturated heterocycles. The molecule has 4 aromatic rings. The first-order chi connectivity index (χ1) is 15.5. The SMILES string of the molecule is CCOc1ccc(-c2nc(-c3cccc(NC(=O)c4ccccc4C(=O)O)c3)no2)cc1. The maximum atomic E-state index is 12.6. The first-order valence-electron chi connectivity index (χ1n) is 9.86. The van der Waals surface area contributed by atoms with E-state index in [-0.39, 0.29) is 11.1 Å². The van der Waals surface area contributed by atoms with Gasteiger partial charge in [0.2, 0.25) is 5.82 Å². The van der Waals surface area contributed by atoms with Gasteiger partial charge in [-0.2, -0.15) is 4.98 Å². The molecular formula is C24H19N3O5. The van der Waals surface area contributed by atoms with Gasteiger partial charge in [0, 0.05) is 16.8 Å². The van der Waals surface area contributed by atoms with Crippen LogP contribution < -0.4 is 10.1 Å². The minimum atomic E-state index is -1.17. The van der Waals surface area contributed by atoms with Gasteiger partial charge in [-0.25, -0.2) is 4.79 Å². The maximum Gasteiger partial charge on any atom is 0.336 e. The summed E-state index contributed by atoms with van der Waals surface area (Å²) in [6.45, 7) is 2.50. The number of aromatic carboxylic acids is 1. The zero-order chi connectivity index (χ0) is 22.5. The van der Waals surface area contributed by atoms with Crippen molar-refractivity contribution in [2.75, 3.05) is 11.9 Å². The van der Waals surface area contributed by atoms with Gasteiger partial charge in [0.05, 0.1) is 17.7 Å². The molecule has 1 heterocycles. The van der Waals surface area contributed by atoms with Crippen LogP contribution in [0.4, 0.5) is 5.69 Å². The van der Waals surface area contributed by atoms with Crippen molar-refractivity contribution in [1.82, 2.24) is 10.1 Å². The third-order valence-electron chi connectivity index (χ3n) is 4.62. The smallest absolute Gasteiger partial charge is 0.336 e. The lowest BCUT2D eigenvalue weighted by molar-refractivity contribution is 0.0692. The van der Waals surface area contributed by atoms with Gasteiger partial charge in [-0.1, -0.05) is 29.4 Å². The molecule has 1 amide bonds. The Labute approximate surface area is 183 Å². The number of nitrogens with one attached hydrogen (secondary N) is 1. The predicted molar refractivity (Wildman–Crippen MR) is 118 cm³/mol. The van der Waals surface area contributed by atoms with Crippen LogP contribution in [-0.2, 0) is 0 Å². The van der Waals surface area contributed by atoms with Crippen molar-refractivity contribution >= 4 is 17.6 Å². The average Bonchev–Trinajstić information content (AvgIpc) is 3.30. The summed E-state index contributed by atoms with van der Waals surface area (Å²) in [5.41, 5.74) is 1.86. The average molecular weight is 429 g/mol. The van der Waals surface area contributed by atoms with Crippen LogP contribution in [0.15, 0.2) is 77.3 Å². The summed E-state index contributed by atoms with van der Waals surface area (Å²) >= 11 is 0. The van der Waals surface area contributed by atoms with E-state index in [4.69, 9.17) is 9.26 Å². The number of hydrogen-bond acceptors (Lipinski definition) is 6. The Morgan fingerprint density at radius 2 is 1.72 bits per heavy atom. The molecule has 2 N–H and O–H groups in total. The molecule has 0 saturated carbocycles. The van der Waals surface area contributed by atoms with Crippen LogP contribution >= 0.6 is 0 Å². The number of carboxylic acid groups (broad SMARTS) is 1. The van der Waals surface area contributed by atoms with Gasteiger partial charge in [0.25, 0.3) is 11.8 Å². The number of hydrogen-bond donors (Lipinski definition) is 2. The highest BCUT2D eigenvalue weighted by Gasteiger charge is 2.17. The summed E-state index contributed by atoms with van der Waals surface area (Å²) in [5, 5.41) is 16.0. The Morgan fingerprint density at radius 3 is 2.44 bits per heavy atom. The van der Waals surface area contributed by atoms with E-state index in [2.05, 4.69) is 15.5 Å². The van der Waals surface area contributed by atoms with Gasteiger partial charge < -0.3 is 19.7 Å². The molecule has 0 bridgehead atoms. The molecule has 0 aliphatic heterocycles. The lowest BCUT2D eigenvalue weighted by Gasteiger charge is -2.08. The highest BCUT2D eigenvalue weighted by atomic mass is 16.5. The maximum absolute atomic E-state index is 12.6. The van der Waals surface area contributed by atoms with Crippen molar-refractivity contribution < 1.29 is 24.0 Å². The van der Waals surface area contributed by atoms with Crippen LogP contribution in [0.25, 0.3) is 22.8 Å². The summed E-state index contributed by atoms with van der Waals surface area (Å²) < 4.78 is 10.8. The van der Waals surface area contributed by atoms with E-state index in [1.54, 1.807) is 36.4 Å². The molecule has 3 aromatic carbocycles. The fourth-order valence-electron chi connectivity index (χ4n) is 3.12. The van der Waals surface area contributed by atoms with Crippen LogP contribution in [0.5, 0.6) is 5.75 Å². The molecule has 0 unspecified atom stereocenters. The number of aromatic nitrogens is 2. The number of rotatable bonds is 7. The van der Waals surface area contributed by atoms with Gasteiger partial charge in [0.15, 0.2) is 0 Å². The molecule has 1 aromatic heterocycles. The predicted octanol–water partition coefficient (Wildman–Crippen LogP) is 4.75. The number of ether oxygens (including phenoxy) is 1. The van der Waals surface area contributed by atoms with Crippen molar-refractivity contribution in [3.63, 3.8) is 0 Å². The van der Waals surface area contributed by atoms with Gasteiger partial charge in [-0.05, 0) is 55.5 Å². The molecule has 160 valence electrons. The first kappa shape index (κ1) is 20.8. The molecule has 0 fully saturated rings. The van der Waals surface area contributed by atoms with Gasteiger partial charge in [-0.15, -0.1) is 0 Å². The third kappa shape index (κ3) is 4.49. The molecule has 8 nitrogen and oxygen atoms in total. The number of carbonyl (C=O) groups excluding carboxylic acids is 1. The highest BCUT2D eigenvalue weighted by molar-refractivity contribution is 6.10. The summed E-state index contributed by atoms with van der Waals surface area (Å²) in [6, 6.07) is 20.2.